The molecule has 0 amide bonds. The molecule has 2 unspecified atom stereocenters. The van der Waals surface area contributed by atoms with E-state index in [1.165, 1.54) is 11.2 Å². The van der Waals surface area contributed by atoms with Crippen LogP contribution in [0.3, 0.4) is 0 Å². The predicted molar refractivity (Wildman–Crippen MR) is 75.7 cm³/mol. The maximum atomic E-state index is 13.4. The third kappa shape index (κ3) is 3.03. The minimum Gasteiger partial charge on any atom is -0.396 e. The summed E-state index contributed by atoms with van der Waals surface area (Å²) in [6, 6.07) is 1.87. The zero-order valence-corrected chi connectivity index (χ0v) is 12.7. The van der Waals surface area contributed by atoms with Crippen molar-refractivity contribution in [2.75, 3.05) is 25.5 Å². The lowest BCUT2D eigenvalue weighted by molar-refractivity contribution is -0.0516. The number of halogens is 1. The fraction of sp³-hybridized carbons (Fsp3) is 0.538. The number of anilines is 1. The van der Waals surface area contributed by atoms with E-state index in [0.29, 0.717) is 5.56 Å². The molecule has 1 saturated heterocycles. The van der Waals surface area contributed by atoms with Crippen LogP contribution >= 0.6 is 0 Å². The van der Waals surface area contributed by atoms with Crippen molar-refractivity contribution >= 4 is 15.7 Å². The van der Waals surface area contributed by atoms with Crippen molar-refractivity contribution < 1.29 is 22.7 Å². The van der Waals surface area contributed by atoms with E-state index in [0.717, 1.165) is 12.1 Å². The maximum Gasteiger partial charge on any atom is 0.243 e. The van der Waals surface area contributed by atoms with Gasteiger partial charge in [-0.15, -0.1) is 0 Å². The van der Waals surface area contributed by atoms with Crippen molar-refractivity contribution in [1.82, 2.24) is 4.31 Å². The van der Waals surface area contributed by atoms with E-state index >= 15 is 0 Å². The molecule has 1 heterocycles. The lowest BCUT2D eigenvalue weighted by Gasteiger charge is -2.36. The molecule has 1 fully saturated rings. The molecule has 0 radical (unpaired) electrons. The van der Waals surface area contributed by atoms with E-state index in [9.17, 15) is 12.8 Å². The van der Waals surface area contributed by atoms with Crippen LogP contribution < -0.4 is 5.73 Å². The Bertz CT molecular complexity index is 635. The fourth-order valence-corrected chi connectivity index (χ4v) is 4.20. The molecule has 1 aliphatic rings. The van der Waals surface area contributed by atoms with Gasteiger partial charge in [-0.05, 0) is 31.5 Å². The molecule has 3 N–H and O–H groups in total. The molecule has 1 aromatic carbocycles. The minimum atomic E-state index is -3.83. The Morgan fingerprint density at radius 2 is 2.19 bits per heavy atom. The molecule has 0 bridgehead atoms. The van der Waals surface area contributed by atoms with E-state index in [2.05, 4.69) is 0 Å². The fourth-order valence-electron chi connectivity index (χ4n) is 2.31. The molecular weight excluding hydrogens is 299 g/mol. The first-order chi connectivity index (χ1) is 9.77. The quantitative estimate of drug-likeness (QED) is 0.791. The number of aryl methyl sites for hydroxylation is 1. The van der Waals surface area contributed by atoms with E-state index in [4.69, 9.17) is 15.6 Å². The van der Waals surface area contributed by atoms with Gasteiger partial charge in [-0.25, -0.2) is 12.8 Å². The van der Waals surface area contributed by atoms with Crippen LogP contribution in [0.2, 0.25) is 0 Å². The molecule has 118 valence electrons. The highest BCUT2D eigenvalue weighted by Crippen LogP contribution is 2.27. The van der Waals surface area contributed by atoms with Crippen LogP contribution in [0.1, 0.15) is 12.5 Å². The summed E-state index contributed by atoms with van der Waals surface area (Å²) in [5.74, 6) is -0.644. The smallest absolute Gasteiger partial charge is 0.243 e. The van der Waals surface area contributed by atoms with Gasteiger partial charge in [-0.3, -0.25) is 0 Å². The van der Waals surface area contributed by atoms with Crippen LogP contribution in [0.5, 0.6) is 0 Å². The van der Waals surface area contributed by atoms with Gasteiger partial charge in [0.25, 0.3) is 0 Å². The third-order valence-corrected chi connectivity index (χ3v) is 5.65. The first-order valence-electron chi connectivity index (χ1n) is 6.57. The molecule has 6 nitrogen and oxygen atoms in total. The number of morpholine rings is 1. The molecule has 0 saturated carbocycles. The van der Waals surface area contributed by atoms with Crippen LogP contribution in [0.15, 0.2) is 17.0 Å². The van der Waals surface area contributed by atoms with Crippen LogP contribution in [0.4, 0.5) is 10.1 Å². The predicted octanol–water partition coefficient (Wildman–Crippen LogP) is 0.487. The molecule has 0 aliphatic carbocycles. The van der Waals surface area contributed by atoms with Gasteiger partial charge in [0.1, 0.15) is 5.82 Å². The average Bonchev–Trinajstić information content (AvgIpc) is 2.43. The number of rotatable bonds is 3. The number of nitrogens with zero attached hydrogens (tertiary/aromatic N) is 1. The Hall–Kier alpha value is -1.22. The highest BCUT2D eigenvalue weighted by atomic mass is 32.2. The second-order valence-electron chi connectivity index (χ2n) is 5.20. The first-order valence-corrected chi connectivity index (χ1v) is 8.01. The summed E-state index contributed by atoms with van der Waals surface area (Å²) in [6.45, 7) is 3.22. The van der Waals surface area contributed by atoms with Crippen molar-refractivity contribution in [3.63, 3.8) is 0 Å². The van der Waals surface area contributed by atoms with Crippen molar-refractivity contribution in [3.8, 4) is 0 Å². The number of aliphatic hydroxyl groups is 1. The van der Waals surface area contributed by atoms with E-state index < -0.39 is 21.9 Å². The van der Waals surface area contributed by atoms with Gasteiger partial charge in [0.2, 0.25) is 10.0 Å². The molecular formula is C13H19FN2O4S. The van der Waals surface area contributed by atoms with Gasteiger partial charge < -0.3 is 15.6 Å². The van der Waals surface area contributed by atoms with Crippen molar-refractivity contribution in [2.45, 2.75) is 30.9 Å². The van der Waals surface area contributed by atoms with Crippen molar-refractivity contribution in [1.29, 1.82) is 0 Å². The summed E-state index contributed by atoms with van der Waals surface area (Å²) in [6.07, 6.45) is -0.561. The van der Waals surface area contributed by atoms with Gasteiger partial charge in [0, 0.05) is 12.6 Å². The number of hydrogen-bond acceptors (Lipinski definition) is 5. The number of nitrogen functional groups attached to an aromatic ring is 1. The summed E-state index contributed by atoms with van der Waals surface area (Å²) in [7, 11) is -3.83. The number of sulfonamides is 1. The van der Waals surface area contributed by atoms with Crippen LogP contribution in [-0.2, 0) is 14.8 Å². The topological polar surface area (TPSA) is 92.9 Å². The van der Waals surface area contributed by atoms with Crippen molar-refractivity contribution in [3.05, 3.63) is 23.5 Å². The Kier molecular flexibility index (Phi) is 4.52. The monoisotopic (exact) mass is 318 g/mol. The molecule has 21 heavy (non-hydrogen) atoms. The van der Waals surface area contributed by atoms with Gasteiger partial charge in [0.05, 0.1) is 29.9 Å². The van der Waals surface area contributed by atoms with E-state index in [1.807, 2.05) is 0 Å². The summed E-state index contributed by atoms with van der Waals surface area (Å²) < 4.78 is 45.5. The average molecular weight is 318 g/mol. The maximum absolute atomic E-state index is 13.4. The van der Waals surface area contributed by atoms with Gasteiger partial charge in [-0.1, -0.05) is 0 Å². The molecule has 0 spiro atoms. The Balaban J connectivity index is 2.43. The number of aliphatic hydroxyl groups excluding tert-OH is 1. The number of ether oxygens (including phenoxy) is 1. The second-order valence-corrected chi connectivity index (χ2v) is 7.06. The number of nitrogens with two attached hydrogens (primary N) is 1. The Morgan fingerprint density at radius 3 is 2.81 bits per heavy atom. The summed E-state index contributed by atoms with van der Waals surface area (Å²) in [4.78, 5) is -0.0214. The lowest BCUT2D eigenvalue weighted by Crippen LogP contribution is -2.51. The zero-order chi connectivity index (χ0) is 15.8. The third-order valence-electron chi connectivity index (χ3n) is 3.53. The molecule has 2 rings (SSSR count). The molecule has 1 aromatic rings. The molecule has 1 aliphatic heterocycles. The summed E-state index contributed by atoms with van der Waals surface area (Å²) >= 11 is 0. The number of benzene rings is 1. The lowest BCUT2D eigenvalue weighted by atomic mass is 10.2. The van der Waals surface area contributed by atoms with Crippen LogP contribution in [0.25, 0.3) is 0 Å². The van der Waals surface area contributed by atoms with E-state index in [1.54, 1.807) is 6.92 Å². The largest absolute Gasteiger partial charge is 0.396 e. The SMILES string of the molecule is Cc1cc(F)c(N)cc1S(=O)(=O)N1CC(CO)OCC1C. The van der Waals surface area contributed by atoms with Crippen molar-refractivity contribution in [2.24, 2.45) is 0 Å². The highest BCUT2D eigenvalue weighted by molar-refractivity contribution is 7.89. The summed E-state index contributed by atoms with van der Waals surface area (Å²) in [5, 5.41) is 9.15. The van der Waals surface area contributed by atoms with Crippen LogP contribution in [0, 0.1) is 12.7 Å². The normalized spacial score (nSPS) is 24.2. The van der Waals surface area contributed by atoms with Gasteiger partial charge in [-0.2, -0.15) is 4.31 Å². The van der Waals surface area contributed by atoms with Crippen LogP contribution in [-0.4, -0.2) is 49.7 Å². The van der Waals surface area contributed by atoms with Gasteiger partial charge >= 0.3 is 0 Å². The Labute approximate surface area is 123 Å². The van der Waals surface area contributed by atoms with Gasteiger partial charge in [0.15, 0.2) is 0 Å². The second kappa shape index (κ2) is 5.88. The zero-order valence-electron chi connectivity index (χ0n) is 11.9. The number of hydrogen-bond donors (Lipinski definition) is 2. The standard InChI is InChI=1S/C13H19FN2O4S/c1-8-3-11(14)12(15)4-13(8)21(18,19)16-5-10(6-17)20-7-9(16)2/h3-4,9-10,17H,5-7,15H2,1-2H3. The molecule has 0 aromatic heterocycles. The van der Waals surface area contributed by atoms with E-state index in [-0.39, 0.29) is 36.4 Å². The first kappa shape index (κ1) is 16.2. The Morgan fingerprint density at radius 1 is 1.52 bits per heavy atom. The molecule has 8 heteroatoms. The minimum absolute atomic E-state index is 0.0214. The summed E-state index contributed by atoms with van der Waals surface area (Å²) in [5.41, 5.74) is 5.56. The molecule has 2 atom stereocenters. The highest BCUT2D eigenvalue weighted by Gasteiger charge is 2.36.